The van der Waals surface area contributed by atoms with E-state index in [0.29, 0.717) is 6.54 Å². The molecule has 2 aromatic heterocycles. The summed E-state index contributed by atoms with van der Waals surface area (Å²) in [5.41, 5.74) is 2.18. The van der Waals surface area contributed by atoms with Crippen LogP contribution in [-0.2, 0) is 6.54 Å². The highest BCUT2D eigenvalue weighted by Crippen LogP contribution is 2.28. The van der Waals surface area contributed by atoms with E-state index in [1.807, 2.05) is 42.8 Å². The predicted molar refractivity (Wildman–Crippen MR) is 90.5 cm³/mol. The van der Waals surface area contributed by atoms with Gasteiger partial charge in [-0.25, -0.2) is 0 Å². The molecule has 4 nitrogen and oxygen atoms in total. The molecular formula is C17H19N3OS. The van der Waals surface area contributed by atoms with E-state index in [9.17, 15) is 4.79 Å². The number of hydrogen-bond acceptors (Lipinski definition) is 3. The lowest BCUT2D eigenvalue weighted by molar-refractivity contribution is 0.0958. The summed E-state index contributed by atoms with van der Waals surface area (Å²) in [5, 5.41) is 8.60. The molecule has 3 rings (SSSR count). The summed E-state index contributed by atoms with van der Waals surface area (Å²) < 4.78 is 1.99. The molecule has 1 aromatic carbocycles. The van der Waals surface area contributed by atoms with Crippen LogP contribution in [0.15, 0.2) is 36.4 Å². The Morgan fingerprint density at radius 3 is 2.82 bits per heavy atom. The highest BCUT2D eigenvalue weighted by atomic mass is 32.1. The van der Waals surface area contributed by atoms with Gasteiger partial charge in [-0.3, -0.25) is 9.48 Å². The van der Waals surface area contributed by atoms with Gasteiger partial charge in [-0.15, -0.1) is 11.3 Å². The Balaban J connectivity index is 1.91. The van der Waals surface area contributed by atoms with E-state index in [1.54, 1.807) is 0 Å². The number of fused-ring (bicyclic) bond motifs is 1. The highest BCUT2D eigenvalue weighted by molar-refractivity contribution is 7.20. The lowest BCUT2D eigenvalue weighted by Crippen LogP contribution is -2.22. The zero-order valence-corrected chi connectivity index (χ0v) is 13.6. The second-order valence-corrected chi connectivity index (χ2v) is 6.34. The van der Waals surface area contributed by atoms with E-state index in [0.717, 1.165) is 33.8 Å². The first-order valence-electron chi connectivity index (χ1n) is 7.48. The molecule has 0 saturated heterocycles. The SMILES string of the molecule is CCCNC(=O)c1cc2c(C)nn(Cc3ccccc3)c2s1. The maximum Gasteiger partial charge on any atom is 0.261 e. The second-order valence-electron chi connectivity index (χ2n) is 5.31. The molecule has 2 heterocycles. The number of hydrogen-bond donors (Lipinski definition) is 1. The van der Waals surface area contributed by atoms with Gasteiger partial charge in [-0.2, -0.15) is 5.10 Å². The quantitative estimate of drug-likeness (QED) is 0.782. The van der Waals surface area contributed by atoms with Gasteiger partial charge in [-0.1, -0.05) is 37.3 Å². The molecule has 0 spiro atoms. The fourth-order valence-corrected chi connectivity index (χ4v) is 3.49. The van der Waals surface area contributed by atoms with Gasteiger partial charge >= 0.3 is 0 Å². The van der Waals surface area contributed by atoms with Crippen LogP contribution in [0.25, 0.3) is 10.2 Å². The van der Waals surface area contributed by atoms with Crippen molar-refractivity contribution < 1.29 is 4.79 Å². The van der Waals surface area contributed by atoms with Crippen LogP contribution < -0.4 is 5.32 Å². The molecule has 114 valence electrons. The van der Waals surface area contributed by atoms with Crippen LogP contribution >= 0.6 is 11.3 Å². The van der Waals surface area contributed by atoms with E-state index < -0.39 is 0 Å². The number of amides is 1. The maximum absolute atomic E-state index is 12.1. The molecule has 0 aliphatic heterocycles. The van der Waals surface area contributed by atoms with E-state index in [2.05, 4.69) is 22.5 Å². The Morgan fingerprint density at radius 2 is 2.09 bits per heavy atom. The van der Waals surface area contributed by atoms with Crippen molar-refractivity contribution in [1.29, 1.82) is 0 Å². The number of nitrogens with zero attached hydrogens (tertiary/aromatic N) is 2. The third-order valence-electron chi connectivity index (χ3n) is 3.54. The third kappa shape index (κ3) is 2.90. The van der Waals surface area contributed by atoms with Crippen LogP contribution in [0.5, 0.6) is 0 Å². The van der Waals surface area contributed by atoms with Gasteiger partial charge in [0, 0.05) is 11.9 Å². The van der Waals surface area contributed by atoms with Crippen molar-refractivity contribution in [2.75, 3.05) is 6.54 Å². The Kier molecular flexibility index (Phi) is 4.24. The Hall–Kier alpha value is -2.14. The van der Waals surface area contributed by atoms with Gasteiger partial charge in [-0.05, 0) is 25.0 Å². The first-order valence-corrected chi connectivity index (χ1v) is 8.29. The Morgan fingerprint density at radius 1 is 1.32 bits per heavy atom. The summed E-state index contributed by atoms with van der Waals surface area (Å²) in [4.78, 5) is 13.9. The molecule has 0 atom stereocenters. The number of benzene rings is 1. The monoisotopic (exact) mass is 313 g/mol. The average Bonchev–Trinajstić information content (AvgIpc) is 3.08. The van der Waals surface area contributed by atoms with E-state index in [1.165, 1.54) is 16.9 Å². The van der Waals surface area contributed by atoms with E-state index in [4.69, 9.17) is 0 Å². The van der Waals surface area contributed by atoms with Crippen LogP contribution in [0.4, 0.5) is 0 Å². The standard InChI is InChI=1S/C17H19N3OS/c1-3-9-18-16(21)15-10-14-12(2)19-20(17(14)22-15)11-13-7-5-4-6-8-13/h4-8,10H,3,9,11H2,1-2H3,(H,18,21). The van der Waals surface area contributed by atoms with Gasteiger partial charge in [0.1, 0.15) is 4.83 Å². The normalized spacial score (nSPS) is 11.0. The third-order valence-corrected chi connectivity index (χ3v) is 4.69. The molecule has 0 aliphatic carbocycles. The van der Waals surface area contributed by atoms with Gasteiger partial charge in [0.2, 0.25) is 0 Å². The van der Waals surface area contributed by atoms with Crippen molar-refractivity contribution >= 4 is 27.5 Å². The molecule has 1 amide bonds. The van der Waals surface area contributed by atoms with E-state index in [-0.39, 0.29) is 5.91 Å². The van der Waals surface area contributed by atoms with Crippen LogP contribution in [0.1, 0.15) is 34.3 Å². The molecule has 0 bridgehead atoms. The predicted octanol–water partition coefficient (Wildman–Crippen LogP) is 3.59. The van der Waals surface area contributed by atoms with Crippen LogP contribution in [-0.4, -0.2) is 22.2 Å². The van der Waals surface area contributed by atoms with Gasteiger partial charge in [0.15, 0.2) is 0 Å². The molecule has 22 heavy (non-hydrogen) atoms. The molecule has 0 radical (unpaired) electrons. The first-order chi connectivity index (χ1) is 10.7. The van der Waals surface area contributed by atoms with Crippen LogP contribution in [0.2, 0.25) is 0 Å². The Labute approximate surface area is 133 Å². The van der Waals surface area contributed by atoms with E-state index >= 15 is 0 Å². The fraction of sp³-hybridized carbons (Fsp3) is 0.294. The number of carbonyl (C=O) groups excluding carboxylic acids is 1. The van der Waals surface area contributed by atoms with Gasteiger partial charge in [0.25, 0.3) is 5.91 Å². The zero-order chi connectivity index (χ0) is 15.5. The maximum atomic E-state index is 12.1. The summed E-state index contributed by atoms with van der Waals surface area (Å²) in [6.45, 7) is 5.47. The van der Waals surface area contributed by atoms with Crippen molar-refractivity contribution in [2.24, 2.45) is 0 Å². The van der Waals surface area contributed by atoms with Crippen molar-refractivity contribution in [3.8, 4) is 0 Å². The number of aromatic nitrogens is 2. The zero-order valence-electron chi connectivity index (χ0n) is 12.8. The largest absolute Gasteiger partial charge is 0.351 e. The molecule has 0 saturated carbocycles. The Bertz CT molecular complexity index is 789. The number of nitrogens with one attached hydrogen (secondary N) is 1. The molecule has 0 fully saturated rings. The molecule has 5 heteroatoms. The first kappa shape index (κ1) is 14.8. The second kappa shape index (κ2) is 6.32. The summed E-state index contributed by atoms with van der Waals surface area (Å²) in [7, 11) is 0. The summed E-state index contributed by atoms with van der Waals surface area (Å²) in [6.07, 6.45) is 0.942. The number of rotatable bonds is 5. The molecular weight excluding hydrogens is 294 g/mol. The average molecular weight is 313 g/mol. The number of carbonyl (C=O) groups is 1. The van der Waals surface area contributed by atoms with Gasteiger partial charge < -0.3 is 5.32 Å². The number of thiophene rings is 1. The fourth-order valence-electron chi connectivity index (χ4n) is 2.41. The molecule has 0 unspecified atom stereocenters. The molecule has 0 aliphatic rings. The summed E-state index contributed by atoms with van der Waals surface area (Å²) in [6, 6.07) is 12.2. The minimum atomic E-state index is 0.00807. The highest BCUT2D eigenvalue weighted by Gasteiger charge is 2.16. The van der Waals surface area contributed by atoms with Crippen molar-refractivity contribution in [1.82, 2.24) is 15.1 Å². The van der Waals surface area contributed by atoms with Crippen LogP contribution in [0, 0.1) is 6.92 Å². The molecule has 1 N–H and O–H groups in total. The van der Waals surface area contributed by atoms with Gasteiger partial charge in [0.05, 0.1) is 17.1 Å². The van der Waals surface area contributed by atoms with Crippen molar-refractivity contribution in [3.63, 3.8) is 0 Å². The minimum absolute atomic E-state index is 0.00807. The lowest BCUT2D eigenvalue weighted by Gasteiger charge is -2.02. The topological polar surface area (TPSA) is 46.9 Å². The smallest absolute Gasteiger partial charge is 0.261 e. The van der Waals surface area contributed by atoms with Crippen molar-refractivity contribution in [3.05, 3.63) is 52.5 Å². The summed E-state index contributed by atoms with van der Waals surface area (Å²) >= 11 is 1.51. The lowest BCUT2D eigenvalue weighted by atomic mass is 10.2. The molecule has 3 aromatic rings. The van der Waals surface area contributed by atoms with Crippen molar-refractivity contribution in [2.45, 2.75) is 26.8 Å². The number of aryl methyl sites for hydroxylation is 1. The summed E-state index contributed by atoms with van der Waals surface area (Å²) in [5.74, 6) is 0.00807. The van der Waals surface area contributed by atoms with Crippen LogP contribution in [0.3, 0.4) is 0 Å². The minimum Gasteiger partial charge on any atom is -0.351 e.